The van der Waals surface area contributed by atoms with Crippen molar-refractivity contribution in [3.63, 3.8) is 0 Å². The van der Waals surface area contributed by atoms with E-state index in [4.69, 9.17) is 19.9 Å². The van der Waals surface area contributed by atoms with E-state index in [1.165, 1.54) is 0 Å². The van der Waals surface area contributed by atoms with Crippen LogP contribution in [0.4, 0.5) is 10.5 Å². The molecule has 13 heteroatoms. The number of aliphatic hydroxyl groups excluding tert-OH is 1. The standard InChI is InChI=1S/C26H43N5O8/c1-4-37-12-13-38-14-15-39-17-22(33)31-23(18(2)3)25(35)30-21(6-5-11-28-26(27)36)24(34)29-20-9-7-19(16-32)8-10-20/h7-10,18,21,23,32H,4-6,11-17H2,1-3H3,(H,29,34)(H,30,35)(H,31,33)(H3,27,28,36)/t21-,23-/m0/s1. The van der Waals surface area contributed by atoms with Crippen molar-refractivity contribution in [1.29, 1.82) is 0 Å². The number of rotatable bonds is 20. The van der Waals surface area contributed by atoms with Crippen molar-refractivity contribution in [1.82, 2.24) is 16.0 Å². The molecule has 0 radical (unpaired) electrons. The summed E-state index contributed by atoms with van der Waals surface area (Å²) in [6.45, 7) is 7.31. The molecule has 0 fully saturated rings. The first kappa shape index (κ1) is 33.8. The lowest BCUT2D eigenvalue weighted by molar-refractivity contribution is -0.134. The maximum absolute atomic E-state index is 13.1. The number of nitrogens with one attached hydrogen (secondary N) is 4. The first-order valence-corrected chi connectivity index (χ1v) is 13.0. The SMILES string of the molecule is CCOCCOCCOCC(=O)N[C@H](C(=O)N[C@@H](CCCNC(N)=O)C(=O)Nc1ccc(CO)cc1)C(C)C. The molecule has 1 rings (SSSR count). The predicted molar refractivity (Wildman–Crippen MR) is 145 cm³/mol. The van der Waals surface area contributed by atoms with E-state index >= 15 is 0 Å². The second kappa shape index (κ2) is 19.8. The molecule has 0 bridgehead atoms. The third kappa shape index (κ3) is 15.1. The summed E-state index contributed by atoms with van der Waals surface area (Å²) in [6, 6.07) is 4.06. The van der Waals surface area contributed by atoms with E-state index in [1.54, 1.807) is 38.1 Å². The number of carbonyl (C=O) groups excluding carboxylic acids is 4. The van der Waals surface area contributed by atoms with Gasteiger partial charge in [0.25, 0.3) is 0 Å². The number of benzene rings is 1. The summed E-state index contributed by atoms with van der Waals surface area (Å²) in [5.74, 6) is -1.76. The maximum atomic E-state index is 13.1. The number of nitrogens with two attached hydrogens (primary N) is 1. The zero-order valence-corrected chi connectivity index (χ0v) is 23.0. The number of hydrogen-bond donors (Lipinski definition) is 6. The molecule has 0 aliphatic rings. The van der Waals surface area contributed by atoms with Crippen LogP contribution in [0.25, 0.3) is 0 Å². The summed E-state index contributed by atoms with van der Waals surface area (Å²) >= 11 is 0. The molecule has 13 nitrogen and oxygen atoms in total. The number of hydrogen-bond acceptors (Lipinski definition) is 8. The van der Waals surface area contributed by atoms with Crippen molar-refractivity contribution in [2.45, 2.75) is 52.3 Å². The second-order valence-corrected chi connectivity index (χ2v) is 8.99. The molecule has 2 atom stereocenters. The van der Waals surface area contributed by atoms with Gasteiger partial charge in [0.15, 0.2) is 0 Å². The fourth-order valence-electron chi connectivity index (χ4n) is 3.37. The summed E-state index contributed by atoms with van der Waals surface area (Å²) in [6.07, 6.45) is 0.571. The van der Waals surface area contributed by atoms with Crippen molar-refractivity contribution in [2.75, 3.05) is 51.5 Å². The maximum Gasteiger partial charge on any atom is 0.312 e. The fourth-order valence-corrected chi connectivity index (χ4v) is 3.37. The molecule has 0 aliphatic carbocycles. The molecular weight excluding hydrogens is 510 g/mol. The Balaban J connectivity index is 2.70. The molecule has 0 heterocycles. The van der Waals surface area contributed by atoms with Crippen molar-refractivity contribution in [3.8, 4) is 0 Å². The van der Waals surface area contributed by atoms with Gasteiger partial charge in [0, 0.05) is 18.8 Å². The molecule has 0 spiro atoms. The summed E-state index contributed by atoms with van der Waals surface area (Å²) in [5.41, 5.74) is 6.26. The fraction of sp³-hybridized carbons (Fsp3) is 0.615. The Morgan fingerprint density at radius 1 is 0.923 bits per heavy atom. The number of aliphatic hydroxyl groups is 1. The number of primary amides is 1. The van der Waals surface area contributed by atoms with Crippen LogP contribution in [0.5, 0.6) is 0 Å². The van der Waals surface area contributed by atoms with Crippen molar-refractivity contribution in [3.05, 3.63) is 29.8 Å². The van der Waals surface area contributed by atoms with Crippen LogP contribution >= 0.6 is 0 Å². The van der Waals surface area contributed by atoms with E-state index in [-0.39, 0.29) is 38.7 Å². The molecule has 0 aliphatic heterocycles. The number of ether oxygens (including phenoxy) is 3. The Kier molecular flexibility index (Phi) is 17.1. The molecular formula is C26H43N5O8. The van der Waals surface area contributed by atoms with E-state index in [2.05, 4.69) is 21.3 Å². The number of urea groups is 1. The Hall–Kier alpha value is -3.26. The van der Waals surface area contributed by atoms with Crippen LogP contribution in [0.3, 0.4) is 0 Å². The largest absolute Gasteiger partial charge is 0.392 e. The minimum absolute atomic E-state index is 0.130. The minimum atomic E-state index is -0.951. The number of amides is 5. The van der Waals surface area contributed by atoms with Crippen LogP contribution in [0, 0.1) is 5.92 Å². The topological polar surface area (TPSA) is 190 Å². The van der Waals surface area contributed by atoms with Gasteiger partial charge in [0.05, 0.1) is 33.0 Å². The van der Waals surface area contributed by atoms with Gasteiger partial charge in [0.1, 0.15) is 18.7 Å². The van der Waals surface area contributed by atoms with Gasteiger partial charge < -0.3 is 46.3 Å². The lowest BCUT2D eigenvalue weighted by atomic mass is 10.0. The van der Waals surface area contributed by atoms with E-state index in [1.807, 2.05) is 6.92 Å². The zero-order chi connectivity index (χ0) is 29.0. The van der Waals surface area contributed by atoms with Crippen molar-refractivity contribution in [2.24, 2.45) is 11.7 Å². The molecule has 0 saturated carbocycles. The van der Waals surface area contributed by atoms with Crippen LogP contribution in [0.15, 0.2) is 24.3 Å². The third-order valence-electron chi connectivity index (χ3n) is 5.45. The first-order chi connectivity index (χ1) is 18.7. The smallest absolute Gasteiger partial charge is 0.312 e. The van der Waals surface area contributed by atoms with Gasteiger partial charge in [-0.25, -0.2) is 4.79 Å². The summed E-state index contributed by atoms with van der Waals surface area (Å²) < 4.78 is 15.8. The number of carbonyl (C=O) groups is 4. The molecule has 1 aromatic carbocycles. The highest BCUT2D eigenvalue weighted by Crippen LogP contribution is 2.12. The molecule has 5 amide bonds. The monoisotopic (exact) mass is 553 g/mol. The molecule has 0 unspecified atom stereocenters. The van der Waals surface area contributed by atoms with Gasteiger partial charge in [-0.3, -0.25) is 14.4 Å². The highest BCUT2D eigenvalue weighted by atomic mass is 16.5. The summed E-state index contributed by atoms with van der Waals surface area (Å²) in [5, 5.41) is 19.8. The van der Waals surface area contributed by atoms with E-state index < -0.39 is 35.8 Å². The van der Waals surface area contributed by atoms with Gasteiger partial charge in [-0.05, 0) is 43.4 Å². The Labute approximate surface area is 229 Å². The van der Waals surface area contributed by atoms with Crippen LogP contribution < -0.4 is 27.0 Å². The molecule has 0 aromatic heterocycles. The van der Waals surface area contributed by atoms with Gasteiger partial charge in [-0.15, -0.1) is 0 Å². The quantitative estimate of drug-likeness (QED) is 0.124. The molecule has 39 heavy (non-hydrogen) atoms. The zero-order valence-electron chi connectivity index (χ0n) is 23.0. The summed E-state index contributed by atoms with van der Waals surface area (Å²) in [7, 11) is 0. The first-order valence-electron chi connectivity index (χ1n) is 13.0. The van der Waals surface area contributed by atoms with Crippen molar-refractivity contribution < 1.29 is 38.5 Å². The Bertz CT molecular complexity index is 882. The lowest BCUT2D eigenvalue weighted by Gasteiger charge is -2.25. The van der Waals surface area contributed by atoms with Crippen LogP contribution in [0.2, 0.25) is 0 Å². The molecule has 1 aromatic rings. The van der Waals surface area contributed by atoms with E-state index in [0.29, 0.717) is 44.1 Å². The van der Waals surface area contributed by atoms with E-state index in [9.17, 15) is 24.3 Å². The Morgan fingerprint density at radius 2 is 1.56 bits per heavy atom. The van der Waals surface area contributed by atoms with Crippen LogP contribution in [0.1, 0.15) is 39.2 Å². The van der Waals surface area contributed by atoms with Gasteiger partial charge in [-0.2, -0.15) is 0 Å². The Morgan fingerprint density at radius 3 is 2.15 bits per heavy atom. The highest BCUT2D eigenvalue weighted by molar-refractivity contribution is 5.98. The normalized spacial score (nSPS) is 12.4. The molecule has 0 saturated heterocycles. The van der Waals surface area contributed by atoms with Gasteiger partial charge in [0.2, 0.25) is 17.7 Å². The van der Waals surface area contributed by atoms with Crippen LogP contribution in [-0.2, 0) is 35.2 Å². The third-order valence-corrected chi connectivity index (χ3v) is 5.45. The average Bonchev–Trinajstić information content (AvgIpc) is 2.90. The van der Waals surface area contributed by atoms with Crippen LogP contribution in [-0.4, -0.2) is 87.1 Å². The number of anilines is 1. The average molecular weight is 554 g/mol. The van der Waals surface area contributed by atoms with Gasteiger partial charge in [-0.1, -0.05) is 26.0 Å². The highest BCUT2D eigenvalue weighted by Gasteiger charge is 2.28. The minimum Gasteiger partial charge on any atom is -0.392 e. The summed E-state index contributed by atoms with van der Waals surface area (Å²) in [4.78, 5) is 49.5. The van der Waals surface area contributed by atoms with Gasteiger partial charge >= 0.3 is 6.03 Å². The molecule has 220 valence electrons. The molecule has 7 N–H and O–H groups in total. The lowest BCUT2D eigenvalue weighted by Crippen LogP contribution is -2.55. The predicted octanol–water partition coefficient (Wildman–Crippen LogP) is 0.261. The van der Waals surface area contributed by atoms with E-state index in [0.717, 1.165) is 0 Å². The second-order valence-electron chi connectivity index (χ2n) is 8.99. The van der Waals surface area contributed by atoms with Crippen molar-refractivity contribution >= 4 is 29.4 Å².